The average molecular weight is 435 g/mol. The molecule has 4 aromatic rings. The molecule has 0 unspecified atom stereocenters. The van der Waals surface area contributed by atoms with E-state index in [-0.39, 0.29) is 5.91 Å². The number of rotatable bonds is 6. The number of para-hydroxylation sites is 4. The molecular formula is C29H26N2O2. The van der Waals surface area contributed by atoms with Gasteiger partial charge >= 0.3 is 0 Å². The van der Waals surface area contributed by atoms with Crippen molar-refractivity contribution in [3.63, 3.8) is 0 Å². The van der Waals surface area contributed by atoms with Crippen LogP contribution in [-0.4, -0.2) is 12.5 Å². The maximum Gasteiger partial charge on any atom is 0.255 e. The van der Waals surface area contributed by atoms with Crippen LogP contribution in [0.3, 0.4) is 0 Å². The number of fused-ring (bicyclic) bond motifs is 1. The fraction of sp³-hybridized carbons (Fsp3) is 0.138. The lowest BCUT2D eigenvalue weighted by Gasteiger charge is -2.31. The Kier molecular flexibility index (Phi) is 6.07. The van der Waals surface area contributed by atoms with Crippen molar-refractivity contribution in [2.24, 2.45) is 0 Å². The number of aryl methyl sites for hydroxylation is 1. The van der Waals surface area contributed by atoms with Gasteiger partial charge in [-0.3, -0.25) is 4.79 Å². The Morgan fingerprint density at radius 2 is 1.55 bits per heavy atom. The topological polar surface area (TPSA) is 41.6 Å². The van der Waals surface area contributed by atoms with E-state index in [1.807, 2.05) is 78.9 Å². The molecule has 0 atom stereocenters. The molecule has 0 spiro atoms. The van der Waals surface area contributed by atoms with Gasteiger partial charge < -0.3 is 15.0 Å². The number of hydrogen-bond acceptors (Lipinski definition) is 3. The summed E-state index contributed by atoms with van der Waals surface area (Å²) >= 11 is 0. The number of carbonyl (C=O) groups excluding carboxylic acids is 1. The molecule has 4 nitrogen and oxygen atoms in total. The molecule has 0 fully saturated rings. The molecule has 33 heavy (non-hydrogen) atoms. The van der Waals surface area contributed by atoms with Crippen molar-refractivity contribution < 1.29 is 9.53 Å². The summed E-state index contributed by atoms with van der Waals surface area (Å²) in [5.74, 6) is 1.18. The van der Waals surface area contributed by atoms with E-state index in [4.69, 9.17) is 4.74 Å². The molecule has 1 N–H and O–H groups in total. The van der Waals surface area contributed by atoms with Gasteiger partial charge in [0.05, 0.1) is 5.69 Å². The number of nitrogens with zero attached hydrogens (tertiary/aromatic N) is 1. The Morgan fingerprint density at radius 1 is 0.818 bits per heavy atom. The SMILES string of the molecule is O=C(Nc1ccccc1Oc1ccccc1)c1ccc(CN2CCCc3ccccc32)cc1. The lowest BCUT2D eigenvalue weighted by molar-refractivity contribution is 0.102. The number of nitrogens with one attached hydrogen (secondary N) is 1. The first-order chi connectivity index (χ1) is 16.3. The maximum absolute atomic E-state index is 12.9. The third kappa shape index (κ3) is 4.90. The second kappa shape index (κ2) is 9.61. The summed E-state index contributed by atoms with van der Waals surface area (Å²) in [4.78, 5) is 15.3. The minimum atomic E-state index is -0.158. The van der Waals surface area contributed by atoms with Gasteiger partial charge in [-0.25, -0.2) is 0 Å². The normalized spacial score (nSPS) is 12.7. The van der Waals surface area contributed by atoms with Crippen molar-refractivity contribution in [1.29, 1.82) is 0 Å². The van der Waals surface area contributed by atoms with E-state index in [2.05, 4.69) is 34.5 Å². The zero-order valence-corrected chi connectivity index (χ0v) is 18.4. The standard InChI is InChI=1S/C29H26N2O2/c32-29(30-26-13-5-7-15-28(26)33-25-11-2-1-3-12-25)24-18-16-22(17-19-24)21-31-20-8-10-23-9-4-6-14-27(23)31/h1-7,9,11-19H,8,10,20-21H2,(H,30,32). The molecule has 5 rings (SSSR count). The smallest absolute Gasteiger partial charge is 0.255 e. The first-order valence-electron chi connectivity index (χ1n) is 11.3. The van der Waals surface area contributed by atoms with E-state index >= 15 is 0 Å². The summed E-state index contributed by atoms with van der Waals surface area (Å²) in [5.41, 5.74) is 5.18. The first-order valence-corrected chi connectivity index (χ1v) is 11.3. The molecule has 1 amide bonds. The lowest BCUT2D eigenvalue weighted by Crippen LogP contribution is -2.28. The van der Waals surface area contributed by atoms with Gasteiger partial charge in [-0.2, -0.15) is 0 Å². The van der Waals surface area contributed by atoms with Gasteiger partial charge in [-0.05, 0) is 66.4 Å². The third-order valence-corrected chi connectivity index (χ3v) is 5.90. The lowest BCUT2D eigenvalue weighted by atomic mass is 10.0. The quantitative estimate of drug-likeness (QED) is 0.368. The van der Waals surface area contributed by atoms with E-state index in [0.717, 1.165) is 25.3 Å². The zero-order chi connectivity index (χ0) is 22.5. The van der Waals surface area contributed by atoms with Crippen molar-refractivity contribution in [1.82, 2.24) is 0 Å². The molecule has 4 aromatic carbocycles. The highest BCUT2D eigenvalue weighted by atomic mass is 16.5. The Hall–Kier alpha value is -4.05. The summed E-state index contributed by atoms with van der Waals surface area (Å²) < 4.78 is 5.96. The average Bonchev–Trinajstić information content (AvgIpc) is 2.86. The molecule has 0 saturated carbocycles. The molecule has 0 aliphatic carbocycles. The summed E-state index contributed by atoms with van der Waals surface area (Å²) in [7, 11) is 0. The fourth-order valence-electron chi connectivity index (χ4n) is 4.23. The molecule has 0 aromatic heterocycles. The summed E-state index contributed by atoms with van der Waals surface area (Å²) in [6, 6.07) is 33.5. The van der Waals surface area contributed by atoms with Crippen LogP contribution in [0.4, 0.5) is 11.4 Å². The second-order valence-corrected chi connectivity index (χ2v) is 8.22. The first kappa shape index (κ1) is 20.8. The van der Waals surface area contributed by atoms with Crippen LogP contribution in [0.15, 0.2) is 103 Å². The van der Waals surface area contributed by atoms with E-state index < -0.39 is 0 Å². The highest BCUT2D eigenvalue weighted by Crippen LogP contribution is 2.30. The van der Waals surface area contributed by atoms with Gasteiger partial charge in [0.1, 0.15) is 5.75 Å². The molecule has 0 radical (unpaired) electrons. The Balaban J connectivity index is 1.27. The van der Waals surface area contributed by atoms with Crippen LogP contribution in [0.25, 0.3) is 0 Å². The van der Waals surface area contributed by atoms with Crippen LogP contribution in [0.5, 0.6) is 11.5 Å². The van der Waals surface area contributed by atoms with Gasteiger partial charge in [0.25, 0.3) is 5.91 Å². The maximum atomic E-state index is 12.9. The summed E-state index contributed by atoms with van der Waals surface area (Å²) in [6.07, 6.45) is 2.31. The third-order valence-electron chi connectivity index (χ3n) is 5.90. The minimum absolute atomic E-state index is 0.158. The second-order valence-electron chi connectivity index (χ2n) is 8.22. The highest BCUT2D eigenvalue weighted by molar-refractivity contribution is 6.05. The van der Waals surface area contributed by atoms with Gasteiger partial charge in [0.15, 0.2) is 5.75 Å². The number of ether oxygens (including phenoxy) is 1. The van der Waals surface area contributed by atoms with Crippen molar-refractivity contribution in [3.05, 3.63) is 120 Å². The van der Waals surface area contributed by atoms with E-state index in [1.54, 1.807) is 0 Å². The number of hydrogen-bond donors (Lipinski definition) is 1. The van der Waals surface area contributed by atoms with Crippen LogP contribution >= 0.6 is 0 Å². The molecular weight excluding hydrogens is 408 g/mol. The molecule has 1 heterocycles. The largest absolute Gasteiger partial charge is 0.455 e. The Labute approximate surface area is 194 Å². The molecule has 1 aliphatic heterocycles. The molecule has 164 valence electrons. The fourth-order valence-corrected chi connectivity index (χ4v) is 4.23. The van der Waals surface area contributed by atoms with Gasteiger partial charge in [0, 0.05) is 24.3 Å². The van der Waals surface area contributed by atoms with Gasteiger partial charge in [-0.15, -0.1) is 0 Å². The number of anilines is 2. The van der Waals surface area contributed by atoms with Crippen molar-refractivity contribution in [2.45, 2.75) is 19.4 Å². The Bertz CT molecular complexity index is 1240. The highest BCUT2D eigenvalue weighted by Gasteiger charge is 2.17. The van der Waals surface area contributed by atoms with Crippen LogP contribution in [0.2, 0.25) is 0 Å². The molecule has 4 heteroatoms. The van der Waals surface area contributed by atoms with Crippen LogP contribution in [0.1, 0.15) is 27.9 Å². The zero-order valence-electron chi connectivity index (χ0n) is 18.4. The van der Waals surface area contributed by atoms with Crippen LogP contribution < -0.4 is 15.0 Å². The molecule has 1 aliphatic rings. The van der Waals surface area contributed by atoms with Crippen molar-refractivity contribution in [3.8, 4) is 11.5 Å². The van der Waals surface area contributed by atoms with E-state index in [1.165, 1.54) is 23.2 Å². The summed E-state index contributed by atoms with van der Waals surface area (Å²) in [5, 5.41) is 2.99. The monoisotopic (exact) mass is 434 g/mol. The molecule has 0 bridgehead atoms. The Morgan fingerprint density at radius 3 is 2.39 bits per heavy atom. The van der Waals surface area contributed by atoms with E-state index in [0.29, 0.717) is 17.0 Å². The van der Waals surface area contributed by atoms with E-state index in [9.17, 15) is 4.79 Å². The number of benzene rings is 4. The number of amides is 1. The minimum Gasteiger partial charge on any atom is -0.455 e. The van der Waals surface area contributed by atoms with Gasteiger partial charge in [-0.1, -0.05) is 60.7 Å². The van der Waals surface area contributed by atoms with Crippen molar-refractivity contribution in [2.75, 3.05) is 16.8 Å². The molecule has 0 saturated heterocycles. The van der Waals surface area contributed by atoms with Crippen LogP contribution in [0, 0.1) is 0 Å². The predicted molar refractivity (Wildman–Crippen MR) is 133 cm³/mol. The van der Waals surface area contributed by atoms with Gasteiger partial charge in [0.2, 0.25) is 0 Å². The number of carbonyl (C=O) groups is 1. The van der Waals surface area contributed by atoms with Crippen molar-refractivity contribution >= 4 is 17.3 Å². The predicted octanol–water partition coefficient (Wildman–Crippen LogP) is 6.68. The summed E-state index contributed by atoms with van der Waals surface area (Å²) in [6.45, 7) is 1.89. The van der Waals surface area contributed by atoms with Crippen LogP contribution in [-0.2, 0) is 13.0 Å².